The van der Waals surface area contributed by atoms with Gasteiger partial charge < -0.3 is 10.4 Å². The number of aliphatic hydroxyl groups is 1. The Hall–Kier alpha value is -1.42. The molecule has 2 atom stereocenters. The van der Waals surface area contributed by atoms with Crippen molar-refractivity contribution in [3.8, 4) is 0 Å². The molecule has 0 heterocycles. The van der Waals surface area contributed by atoms with Crippen molar-refractivity contribution in [2.24, 2.45) is 11.3 Å². The number of amides is 1. The molecule has 0 saturated carbocycles. The molecule has 0 saturated heterocycles. The fraction of sp³-hybridized carbons (Fsp3) is 0.588. The van der Waals surface area contributed by atoms with Crippen LogP contribution in [0.4, 0.5) is 4.39 Å². The Bertz CT molecular complexity index is 468. The van der Waals surface area contributed by atoms with Gasteiger partial charge in [0.1, 0.15) is 5.82 Å². The second-order valence-electron chi connectivity index (χ2n) is 6.74. The van der Waals surface area contributed by atoms with Gasteiger partial charge in [0.2, 0.25) is 5.91 Å². The number of carbonyl (C=O) groups excluding carboxylic acids is 1. The molecule has 0 fully saturated rings. The van der Waals surface area contributed by atoms with Crippen molar-refractivity contribution < 1.29 is 14.3 Å². The highest BCUT2D eigenvalue weighted by molar-refractivity contribution is 5.82. The molecule has 0 radical (unpaired) electrons. The number of halogens is 1. The van der Waals surface area contributed by atoms with Gasteiger partial charge in [0.05, 0.1) is 12.1 Å². The molecule has 4 heteroatoms. The van der Waals surface area contributed by atoms with Gasteiger partial charge in [-0.25, -0.2) is 4.39 Å². The van der Waals surface area contributed by atoms with Crippen LogP contribution in [0.15, 0.2) is 24.3 Å². The Balaban J connectivity index is 2.69. The van der Waals surface area contributed by atoms with Gasteiger partial charge in [-0.05, 0) is 37.0 Å². The minimum absolute atomic E-state index is 0.0788. The van der Waals surface area contributed by atoms with Crippen LogP contribution in [0.25, 0.3) is 0 Å². The van der Waals surface area contributed by atoms with Gasteiger partial charge in [-0.3, -0.25) is 4.79 Å². The van der Waals surface area contributed by atoms with Crippen LogP contribution in [0, 0.1) is 17.2 Å². The summed E-state index contributed by atoms with van der Waals surface area (Å²) in [5, 5.41) is 13.1. The van der Waals surface area contributed by atoms with Crippen LogP contribution >= 0.6 is 0 Å². The van der Waals surface area contributed by atoms with E-state index in [2.05, 4.69) is 19.2 Å². The maximum atomic E-state index is 12.9. The lowest BCUT2D eigenvalue weighted by atomic mass is 9.83. The van der Waals surface area contributed by atoms with Crippen molar-refractivity contribution in [3.05, 3.63) is 35.6 Å². The molecule has 1 rings (SSSR count). The molecule has 1 aromatic rings. The zero-order valence-electron chi connectivity index (χ0n) is 13.5. The molecule has 21 heavy (non-hydrogen) atoms. The average Bonchev–Trinajstić information content (AvgIpc) is 2.37. The maximum absolute atomic E-state index is 12.9. The van der Waals surface area contributed by atoms with Crippen LogP contribution in [0.1, 0.15) is 52.7 Å². The molecule has 0 aliphatic carbocycles. The first-order chi connectivity index (χ1) is 9.63. The van der Waals surface area contributed by atoms with E-state index in [1.807, 2.05) is 13.8 Å². The van der Waals surface area contributed by atoms with E-state index in [1.165, 1.54) is 24.3 Å². The maximum Gasteiger partial charge on any atom is 0.225 e. The van der Waals surface area contributed by atoms with Crippen LogP contribution in [0.2, 0.25) is 0 Å². The van der Waals surface area contributed by atoms with E-state index >= 15 is 0 Å². The second-order valence-corrected chi connectivity index (χ2v) is 6.74. The molecule has 0 aliphatic rings. The molecule has 2 N–H and O–H groups in total. The summed E-state index contributed by atoms with van der Waals surface area (Å²) in [6, 6.07) is 5.23. The van der Waals surface area contributed by atoms with Gasteiger partial charge in [0.15, 0.2) is 0 Å². The van der Waals surface area contributed by atoms with Gasteiger partial charge in [0.25, 0.3) is 0 Å². The van der Waals surface area contributed by atoms with Crippen molar-refractivity contribution in [1.82, 2.24) is 5.32 Å². The Morgan fingerprint density at radius 3 is 2.24 bits per heavy atom. The Morgan fingerprint density at radius 1 is 1.24 bits per heavy atom. The highest BCUT2D eigenvalue weighted by atomic mass is 19.1. The number of rotatable bonds is 6. The van der Waals surface area contributed by atoms with Crippen molar-refractivity contribution in [1.29, 1.82) is 0 Å². The van der Waals surface area contributed by atoms with Crippen LogP contribution in [-0.2, 0) is 4.79 Å². The van der Waals surface area contributed by atoms with Gasteiger partial charge >= 0.3 is 0 Å². The molecule has 2 unspecified atom stereocenters. The van der Waals surface area contributed by atoms with E-state index in [0.717, 1.165) is 6.42 Å². The lowest BCUT2D eigenvalue weighted by molar-refractivity contribution is -0.131. The standard InChI is InChI=1S/C17H26FNO2/c1-11(2)10-17(4,5)16(21)19-12(3)15(20)13-6-8-14(18)9-7-13/h6-9,11-12,15,20H,10H2,1-5H3,(H,19,21). The zero-order chi connectivity index (χ0) is 16.2. The number of hydrogen-bond donors (Lipinski definition) is 2. The van der Waals surface area contributed by atoms with Crippen molar-refractivity contribution in [3.63, 3.8) is 0 Å². The number of carbonyl (C=O) groups is 1. The van der Waals surface area contributed by atoms with Crippen molar-refractivity contribution in [2.75, 3.05) is 0 Å². The van der Waals surface area contributed by atoms with E-state index < -0.39 is 17.6 Å². The summed E-state index contributed by atoms with van der Waals surface area (Å²) in [7, 11) is 0. The number of benzene rings is 1. The van der Waals surface area contributed by atoms with Crippen LogP contribution in [-0.4, -0.2) is 17.1 Å². The van der Waals surface area contributed by atoms with Gasteiger partial charge in [-0.15, -0.1) is 0 Å². The van der Waals surface area contributed by atoms with E-state index in [9.17, 15) is 14.3 Å². The first-order valence-electron chi connectivity index (χ1n) is 7.38. The fourth-order valence-electron chi connectivity index (χ4n) is 2.54. The third-order valence-electron chi connectivity index (χ3n) is 3.58. The SMILES string of the molecule is CC(C)CC(C)(C)C(=O)NC(C)C(O)c1ccc(F)cc1. The lowest BCUT2D eigenvalue weighted by Gasteiger charge is -2.29. The Kier molecular flexibility index (Phi) is 5.90. The largest absolute Gasteiger partial charge is 0.386 e. The number of nitrogens with one attached hydrogen (secondary N) is 1. The van der Waals surface area contributed by atoms with E-state index in [4.69, 9.17) is 0 Å². The summed E-state index contributed by atoms with van der Waals surface area (Å²) in [6.07, 6.45) is -0.0810. The summed E-state index contributed by atoms with van der Waals surface area (Å²) >= 11 is 0. The topological polar surface area (TPSA) is 49.3 Å². The first-order valence-corrected chi connectivity index (χ1v) is 7.38. The molecule has 0 bridgehead atoms. The summed E-state index contributed by atoms with van der Waals surface area (Å²) in [5.41, 5.74) is 0.108. The van der Waals surface area contributed by atoms with Gasteiger partial charge in [-0.2, -0.15) is 0 Å². The minimum atomic E-state index is -0.857. The normalized spacial score (nSPS) is 14.9. The van der Waals surface area contributed by atoms with E-state index in [0.29, 0.717) is 11.5 Å². The molecular formula is C17H26FNO2. The Morgan fingerprint density at radius 2 is 1.76 bits per heavy atom. The quantitative estimate of drug-likeness (QED) is 0.844. The van der Waals surface area contributed by atoms with E-state index in [1.54, 1.807) is 6.92 Å². The predicted molar refractivity (Wildman–Crippen MR) is 82.2 cm³/mol. The highest BCUT2D eigenvalue weighted by Crippen LogP contribution is 2.26. The molecule has 3 nitrogen and oxygen atoms in total. The van der Waals surface area contributed by atoms with Crippen molar-refractivity contribution in [2.45, 2.75) is 53.2 Å². The molecule has 1 amide bonds. The van der Waals surface area contributed by atoms with Gasteiger partial charge in [-0.1, -0.05) is 39.8 Å². The third-order valence-corrected chi connectivity index (χ3v) is 3.58. The van der Waals surface area contributed by atoms with E-state index in [-0.39, 0.29) is 11.7 Å². The van der Waals surface area contributed by atoms with Crippen LogP contribution in [0.3, 0.4) is 0 Å². The molecule has 118 valence electrons. The molecular weight excluding hydrogens is 269 g/mol. The predicted octanol–water partition coefficient (Wildman–Crippen LogP) is 3.44. The van der Waals surface area contributed by atoms with Crippen LogP contribution < -0.4 is 5.32 Å². The lowest BCUT2D eigenvalue weighted by Crippen LogP contribution is -2.44. The fourth-order valence-corrected chi connectivity index (χ4v) is 2.54. The van der Waals surface area contributed by atoms with Crippen LogP contribution in [0.5, 0.6) is 0 Å². The average molecular weight is 295 g/mol. The monoisotopic (exact) mass is 295 g/mol. The highest BCUT2D eigenvalue weighted by Gasteiger charge is 2.30. The Labute approximate surface area is 126 Å². The smallest absolute Gasteiger partial charge is 0.225 e. The summed E-state index contributed by atoms with van der Waals surface area (Å²) in [6.45, 7) is 9.70. The molecule has 0 spiro atoms. The molecule has 0 aliphatic heterocycles. The number of aliphatic hydroxyl groups excluding tert-OH is 1. The minimum Gasteiger partial charge on any atom is -0.386 e. The third kappa shape index (κ3) is 5.12. The molecule has 0 aromatic heterocycles. The summed E-state index contributed by atoms with van der Waals surface area (Å²) in [4.78, 5) is 12.3. The summed E-state index contributed by atoms with van der Waals surface area (Å²) < 4.78 is 12.9. The number of hydrogen-bond acceptors (Lipinski definition) is 2. The summed E-state index contributed by atoms with van der Waals surface area (Å²) in [5.74, 6) is -0.00588. The van der Waals surface area contributed by atoms with Crippen molar-refractivity contribution >= 4 is 5.91 Å². The molecule has 1 aromatic carbocycles. The first kappa shape index (κ1) is 17.6. The zero-order valence-corrected chi connectivity index (χ0v) is 13.5. The van der Waals surface area contributed by atoms with Gasteiger partial charge in [0, 0.05) is 5.41 Å². The second kappa shape index (κ2) is 7.03.